The number of amides is 2. The summed E-state index contributed by atoms with van der Waals surface area (Å²) in [6, 6.07) is 12.8. The second kappa shape index (κ2) is 9.05. The zero-order valence-corrected chi connectivity index (χ0v) is 16.0. The maximum absolute atomic E-state index is 12.6. The normalized spacial score (nSPS) is 11.9. The third kappa shape index (κ3) is 6.57. The fourth-order valence-electron chi connectivity index (χ4n) is 2.25. The number of benzene rings is 2. The van der Waals surface area contributed by atoms with Crippen LogP contribution in [0.3, 0.4) is 0 Å². The lowest BCUT2D eigenvalue weighted by Gasteiger charge is -2.17. The third-order valence-electron chi connectivity index (χ3n) is 3.70. The molecule has 0 aliphatic carbocycles. The minimum Gasteiger partial charge on any atom is -0.343 e. The van der Waals surface area contributed by atoms with Crippen LogP contribution < -0.4 is 10.6 Å². The first-order valence-electron chi connectivity index (χ1n) is 8.25. The van der Waals surface area contributed by atoms with Crippen molar-refractivity contribution in [3.63, 3.8) is 0 Å². The average molecular weight is 429 g/mol. The predicted octanol–water partition coefficient (Wildman–Crippen LogP) is 2.24. The van der Waals surface area contributed by atoms with Crippen LogP contribution in [0, 0.1) is 0 Å². The van der Waals surface area contributed by atoms with E-state index < -0.39 is 41.1 Å². The van der Waals surface area contributed by atoms with Gasteiger partial charge in [-0.1, -0.05) is 18.2 Å². The molecule has 2 amide bonds. The maximum atomic E-state index is 12.6. The van der Waals surface area contributed by atoms with Crippen LogP contribution in [-0.2, 0) is 14.8 Å². The van der Waals surface area contributed by atoms with Crippen molar-refractivity contribution in [1.82, 2.24) is 9.62 Å². The van der Waals surface area contributed by atoms with Crippen molar-refractivity contribution in [3.8, 4) is 0 Å². The number of sulfonamides is 1. The number of hydrogen-bond acceptors (Lipinski definition) is 4. The molecule has 2 N–H and O–H groups in total. The van der Waals surface area contributed by atoms with Crippen LogP contribution in [0.5, 0.6) is 0 Å². The fourth-order valence-corrected chi connectivity index (χ4v) is 3.38. The largest absolute Gasteiger partial charge is 0.405 e. The monoisotopic (exact) mass is 429 g/mol. The molecule has 0 aromatic heterocycles. The number of likely N-dealkylation sites (N-methyl/N-ethyl adjacent to an activating group) is 1. The van der Waals surface area contributed by atoms with Crippen molar-refractivity contribution in [2.75, 3.05) is 25.5 Å². The summed E-state index contributed by atoms with van der Waals surface area (Å²) in [5.74, 6) is -1.53. The van der Waals surface area contributed by atoms with Crippen molar-refractivity contribution in [3.05, 3.63) is 60.2 Å². The molecule has 0 saturated heterocycles. The van der Waals surface area contributed by atoms with Gasteiger partial charge in [-0.2, -0.15) is 17.5 Å². The van der Waals surface area contributed by atoms with Gasteiger partial charge in [0.15, 0.2) is 0 Å². The average Bonchev–Trinajstić information content (AvgIpc) is 2.66. The lowest BCUT2D eigenvalue weighted by Crippen LogP contribution is -2.35. The molecule has 156 valence electrons. The molecule has 2 rings (SSSR count). The molecular formula is C18H18F3N3O4S. The number of para-hydroxylation sites is 1. The lowest BCUT2D eigenvalue weighted by molar-refractivity contribution is -0.123. The summed E-state index contributed by atoms with van der Waals surface area (Å²) in [6.45, 7) is -1.95. The zero-order valence-electron chi connectivity index (χ0n) is 15.2. The van der Waals surface area contributed by atoms with E-state index >= 15 is 0 Å². The van der Waals surface area contributed by atoms with Gasteiger partial charge in [-0.05, 0) is 36.4 Å². The Morgan fingerprint density at radius 1 is 1.00 bits per heavy atom. The van der Waals surface area contributed by atoms with E-state index in [9.17, 15) is 31.2 Å². The number of nitrogens with zero attached hydrogens (tertiary/aromatic N) is 1. The van der Waals surface area contributed by atoms with Crippen LogP contribution in [-0.4, -0.2) is 50.9 Å². The molecule has 0 aliphatic rings. The molecule has 29 heavy (non-hydrogen) atoms. The second-order valence-corrected chi connectivity index (χ2v) is 8.04. The summed E-state index contributed by atoms with van der Waals surface area (Å²) in [7, 11) is -2.83. The van der Waals surface area contributed by atoms with Gasteiger partial charge in [-0.3, -0.25) is 9.59 Å². The van der Waals surface area contributed by atoms with Gasteiger partial charge in [-0.15, -0.1) is 0 Å². The van der Waals surface area contributed by atoms with E-state index in [1.54, 1.807) is 35.6 Å². The molecule has 0 saturated carbocycles. The second-order valence-electron chi connectivity index (χ2n) is 6.00. The summed E-state index contributed by atoms with van der Waals surface area (Å²) in [5, 5.41) is 4.25. The van der Waals surface area contributed by atoms with Crippen LogP contribution in [0.2, 0.25) is 0 Å². The molecule has 7 nitrogen and oxygen atoms in total. The van der Waals surface area contributed by atoms with E-state index in [2.05, 4.69) is 5.32 Å². The van der Waals surface area contributed by atoms with Gasteiger partial charge in [0.2, 0.25) is 15.9 Å². The molecule has 0 radical (unpaired) electrons. The molecule has 2 aromatic carbocycles. The smallest absolute Gasteiger partial charge is 0.343 e. The molecule has 11 heteroatoms. The molecule has 0 fully saturated rings. The van der Waals surface area contributed by atoms with E-state index in [0.717, 1.165) is 28.6 Å². The molecule has 0 spiro atoms. The number of rotatable bonds is 7. The highest BCUT2D eigenvalue weighted by atomic mass is 32.2. The van der Waals surface area contributed by atoms with E-state index in [0.29, 0.717) is 5.69 Å². The first-order chi connectivity index (χ1) is 13.5. The number of carbonyl (C=O) groups excluding carboxylic acids is 2. The van der Waals surface area contributed by atoms with Crippen molar-refractivity contribution >= 4 is 27.5 Å². The molecule has 0 heterocycles. The van der Waals surface area contributed by atoms with Crippen molar-refractivity contribution in [2.24, 2.45) is 0 Å². The first-order valence-corrected chi connectivity index (χ1v) is 9.69. The van der Waals surface area contributed by atoms with Crippen molar-refractivity contribution < 1.29 is 31.2 Å². The Bertz CT molecular complexity index is 962. The zero-order chi connectivity index (χ0) is 21.7. The van der Waals surface area contributed by atoms with Crippen LogP contribution in [0.4, 0.5) is 18.9 Å². The van der Waals surface area contributed by atoms with Gasteiger partial charge in [0.1, 0.15) is 6.54 Å². The molecule has 0 unspecified atom stereocenters. The Balaban J connectivity index is 2.02. The fraction of sp³-hybridized carbons (Fsp3) is 0.222. The van der Waals surface area contributed by atoms with E-state index in [4.69, 9.17) is 0 Å². The standard InChI is InChI=1S/C18H18F3N3O4S/c1-24(11-16(25)23-14-5-3-2-4-6-14)29(27,28)15-9-7-13(8-10-15)17(26)22-12-18(19,20)21/h2-10H,11-12H2,1H3,(H,22,26)(H,23,25). The number of anilines is 1. The summed E-state index contributed by atoms with van der Waals surface area (Å²) in [6.07, 6.45) is -4.55. The van der Waals surface area contributed by atoms with Gasteiger partial charge < -0.3 is 10.6 Å². The highest BCUT2D eigenvalue weighted by Gasteiger charge is 2.28. The number of alkyl halides is 3. The van der Waals surface area contributed by atoms with E-state index in [1.807, 2.05) is 0 Å². The van der Waals surface area contributed by atoms with E-state index in [1.165, 1.54) is 7.05 Å². The van der Waals surface area contributed by atoms with Gasteiger partial charge in [-0.25, -0.2) is 8.42 Å². The Morgan fingerprint density at radius 2 is 1.59 bits per heavy atom. The number of carbonyl (C=O) groups is 2. The summed E-state index contributed by atoms with van der Waals surface area (Å²) in [5.41, 5.74) is 0.384. The number of halogens is 3. The molecule has 2 aromatic rings. The van der Waals surface area contributed by atoms with Crippen molar-refractivity contribution in [1.29, 1.82) is 0 Å². The highest BCUT2D eigenvalue weighted by Crippen LogP contribution is 2.16. The van der Waals surface area contributed by atoms with Gasteiger partial charge in [0, 0.05) is 18.3 Å². The number of nitrogens with one attached hydrogen (secondary N) is 2. The summed E-state index contributed by atoms with van der Waals surface area (Å²) < 4.78 is 62.4. The van der Waals surface area contributed by atoms with Crippen LogP contribution in [0.25, 0.3) is 0 Å². The first kappa shape index (κ1) is 22.4. The molecule has 0 bridgehead atoms. The quantitative estimate of drug-likeness (QED) is 0.706. The van der Waals surface area contributed by atoms with Crippen LogP contribution >= 0.6 is 0 Å². The van der Waals surface area contributed by atoms with Gasteiger partial charge >= 0.3 is 6.18 Å². The Hall–Kier alpha value is -2.92. The van der Waals surface area contributed by atoms with E-state index in [-0.39, 0.29) is 10.5 Å². The Morgan fingerprint density at radius 3 is 2.14 bits per heavy atom. The molecule has 0 atom stereocenters. The summed E-state index contributed by atoms with van der Waals surface area (Å²) >= 11 is 0. The summed E-state index contributed by atoms with van der Waals surface area (Å²) in [4.78, 5) is 23.5. The number of hydrogen-bond donors (Lipinski definition) is 2. The lowest BCUT2D eigenvalue weighted by atomic mass is 10.2. The molecular weight excluding hydrogens is 411 g/mol. The van der Waals surface area contributed by atoms with Gasteiger partial charge in [0.25, 0.3) is 5.91 Å². The third-order valence-corrected chi connectivity index (χ3v) is 5.52. The maximum Gasteiger partial charge on any atom is 0.405 e. The Labute approximate surface area is 165 Å². The minimum atomic E-state index is -4.55. The van der Waals surface area contributed by atoms with Gasteiger partial charge in [0.05, 0.1) is 11.4 Å². The topological polar surface area (TPSA) is 95.6 Å². The predicted molar refractivity (Wildman–Crippen MR) is 99.7 cm³/mol. The molecule has 0 aliphatic heterocycles. The highest BCUT2D eigenvalue weighted by molar-refractivity contribution is 7.89. The minimum absolute atomic E-state index is 0.127. The van der Waals surface area contributed by atoms with Crippen LogP contribution in [0.1, 0.15) is 10.4 Å². The van der Waals surface area contributed by atoms with Crippen LogP contribution in [0.15, 0.2) is 59.5 Å². The SMILES string of the molecule is CN(CC(=O)Nc1ccccc1)S(=O)(=O)c1ccc(C(=O)NCC(F)(F)F)cc1. The Kier molecular flexibility index (Phi) is 6.98. The van der Waals surface area contributed by atoms with Crippen molar-refractivity contribution in [2.45, 2.75) is 11.1 Å².